The van der Waals surface area contributed by atoms with E-state index in [4.69, 9.17) is 0 Å². The maximum Gasteiger partial charge on any atom is 0.293 e. The van der Waals surface area contributed by atoms with Gasteiger partial charge >= 0.3 is 0 Å². The minimum Gasteiger partial charge on any atom is -0.375 e. The van der Waals surface area contributed by atoms with Gasteiger partial charge in [0.05, 0.1) is 4.92 Å². The summed E-state index contributed by atoms with van der Waals surface area (Å²) in [6.07, 6.45) is 0. The number of carbonyl (C=O) groups excluding carboxylic acids is 1. The van der Waals surface area contributed by atoms with Crippen LogP contribution in [-0.2, 0) is 13.1 Å². The van der Waals surface area contributed by atoms with Crippen molar-refractivity contribution in [3.63, 3.8) is 0 Å². The molecular formula is C20H25N3O3. The van der Waals surface area contributed by atoms with Crippen molar-refractivity contribution in [2.45, 2.75) is 39.9 Å². The van der Waals surface area contributed by atoms with Gasteiger partial charge in [-0.05, 0) is 51.1 Å². The highest BCUT2D eigenvalue weighted by atomic mass is 16.6. The standard InChI is InChI=1S/C20H25N3O3/c1-14(2)22(4)13-18-8-6-5-7-17(18)12-21-19-10-9-16(15(3)24)11-20(19)23(25)26/h5-11,14,21H,12-13H2,1-4H3. The summed E-state index contributed by atoms with van der Waals surface area (Å²) in [7, 11) is 2.07. The van der Waals surface area contributed by atoms with Crippen LogP contribution in [-0.4, -0.2) is 28.7 Å². The molecule has 6 nitrogen and oxygen atoms in total. The van der Waals surface area contributed by atoms with Crippen LogP contribution in [0.5, 0.6) is 0 Å². The first kappa shape index (κ1) is 19.6. The fraction of sp³-hybridized carbons (Fsp3) is 0.350. The zero-order valence-electron chi connectivity index (χ0n) is 15.7. The lowest BCUT2D eigenvalue weighted by atomic mass is 10.1. The Morgan fingerprint density at radius 2 is 1.85 bits per heavy atom. The van der Waals surface area contributed by atoms with Gasteiger partial charge in [0.2, 0.25) is 0 Å². The molecule has 0 amide bonds. The quantitative estimate of drug-likeness (QED) is 0.435. The van der Waals surface area contributed by atoms with Crippen LogP contribution in [0.2, 0.25) is 0 Å². The first-order valence-corrected chi connectivity index (χ1v) is 8.60. The van der Waals surface area contributed by atoms with Gasteiger partial charge in [-0.15, -0.1) is 0 Å². The molecule has 0 aliphatic heterocycles. The molecule has 2 rings (SSSR count). The number of nitro benzene ring substituents is 1. The molecule has 138 valence electrons. The van der Waals surface area contributed by atoms with Crippen LogP contribution in [0.1, 0.15) is 42.3 Å². The highest BCUT2D eigenvalue weighted by Gasteiger charge is 2.16. The lowest BCUT2D eigenvalue weighted by Crippen LogP contribution is -2.26. The predicted molar refractivity (Wildman–Crippen MR) is 103 cm³/mol. The largest absolute Gasteiger partial charge is 0.375 e. The normalized spacial score (nSPS) is 11.0. The summed E-state index contributed by atoms with van der Waals surface area (Å²) in [4.78, 5) is 24.6. The van der Waals surface area contributed by atoms with Gasteiger partial charge in [-0.3, -0.25) is 19.8 Å². The Hall–Kier alpha value is -2.73. The Labute approximate surface area is 154 Å². The zero-order chi connectivity index (χ0) is 19.3. The van der Waals surface area contributed by atoms with Crippen molar-refractivity contribution in [2.75, 3.05) is 12.4 Å². The molecule has 0 bridgehead atoms. The first-order chi connectivity index (χ1) is 12.3. The van der Waals surface area contributed by atoms with Gasteiger partial charge in [0, 0.05) is 30.8 Å². The van der Waals surface area contributed by atoms with Crippen LogP contribution in [0.4, 0.5) is 11.4 Å². The SMILES string of the molecule is CC(=O)c1ccc(NCc2ccccc2CN(C)C(C)C)c([N+](=O)[O-])c1. The van der Waals surface area contributed by atoms with E-state index < -0.39 is 4.92 Å². The summed E-state index contributed by atoms with van der Waals surface area (Å²) in [5.74, 6) is -0.193. The minimum absolute atomic E-state index is 0.0884. The molecule has 0 aliphatic rings. The molecule has 26 heavy (non-hydrogen) atoms. The number of hydrogen-bond donors (Lipinski definition) is 1. The van der Waals surface area contributed by atoms with E-state index >= 15 is 0 Å². The lowest BCUT2D eigenvalue weighted by molar-refractivity contribution is -0.384. The van der Waals surface area contributed by atoms with Crippen molar-refractivity contribution in [1.82, 2.24) is 4.90 Å². The number of nitrogens with one attached hydrogen (secondary N) is 1. The number of benzene rings is 2. The van der Waals surface area contributed by atoms with Crippen molar-refractivity contribution in [3.8, 4) is 0 Å². The molecule has 0 radical (unpaired) electrons. The average molecular weight is 355 g/mol. The van der Waals surface area contributed by atoms with E-state index in [0.717, 1.165) is 12.1 Å². The van der Waals surface area contributed by atoms with Gasteiger partial charge in [-0.2, -0.15) is 0 Å². The Bertz CT molecular complexity index is 803. The summed E-state index contributed by atoms with van der Waals surface area (Å²) in [6, 6.07) is 13.0. The minimum atomic E-state index is -0.465. The molecule has 0 heterocycles. The molecule has 6 heteroatoms. The van der Waals surface area contributed by atoms with Crippen molar-refractivity contribution >= 4 is 17.2 Å². The molecule has 1 N–H and O–H groups in total. The summed E-state index contributed by atoms with van der Waals surface area (Å²) >= 11 is 0. The van der Waals surface area contributed by atoms with Gasteiger partial charge in [0.15, 0.2) is 5.78 Å². The van der Waals surface area contributed by atoms with E-state index in [1.807, 2.05) is 18.2 Å². The van der Waals surface area contributed by atoms with Crippen LogP contribution in [0.25, 0.3) is 0 Å². The van der Waals surface area contributed by atoms with Crippen LogP contribution >= 0.6 is 0 Å². The van der Waals surface area contributed by atoms with E-state index in [-0.39, 0.29) is 11.5 Å². The molecule has 2 aromatic rings. The highest BCUT2D eigenvalue weighted by molar-refractivity contribution is 5.95. The van der Waals surface area contributed by atoms with E-state index in [1.54, 1.807) is 12.1 Å². The molecule has 0 aromatic heterocycles. The van der Waals surface area contributed by atoms with Crippen molar-refractivity contribution in [1.29, 1.82) is 0 Å². The summed E-state index contributed by atoms with van der Waals surface area (Å²) in [5, 5.41) is 14.5. The van der Waals surface area contributed by atoms with Crippen molar-refractivity contribution in [3.05, 3.63) is 69.3 Å². The molecule has 0 aliphatic carbocycles. The fourth-order valence-electron chi connectivity index (χ4n) is 2.58. The molecule has 0 spiro atoms. The third-order valence-electron chi connectivity index (χ3n) is 4.49. The monoisotopic (exact) mass is 355 g/mol. The number of carbonyl (C=O) groups is 1. The Morgan fingerprint density at radius 1 is 1.19 bits per heavy atom. The molecule has 0 saturated carbocycles. The van der Waals surface area contributed by atoms with Gasteiger partial charge in [-0.25, -0.2) is 0 Å². The summed E-state index contributed by atoms with van der Waals surface area (Å²) in [6.45, 7) is 6.96. The summed E-state index contributed by atoms with van der Waals surface area (Å²) in [5.41, 5.74) is 2.92. The number of nitrogens with zero attached hydrogens (tertiary/aromatic N) is 2. The number of Topliss-reactive ketones (excluding diaryl/α,β-unsaturated/α-hetero) is 1. The molecule has 0 unspecified atom stereocenters. The van der Waals surface area contributed by atoms with Crippen molar-refractivity contribution < 1.29 is 9.72 Å². The highest BCUT2D eigenvalue weighted by Crippen LogP contribution is 2.27. The second-order valence-electron chi connectivity index (χ2n) is 6.68. The van der Waals surface area contributed by atoms with E-state index in [9.17, 15) is 14.9 Å². The fourth-order valence-corrected chi connectivity index (χ4v) is 2.58. The Morgan fingerprint density at radius 3 is 2.42 bits per heavy atom. The second-order valence-corrected chi connectivity index (χ2v) is 6.68. The van der Waals surface area contributed by atoms with E-state index in [1.165, 1.54) is 18.6 Å². The zero-order valence-corrected chi connectivity index (χ0v) is 15.7. The molecular weight excluding hydrogens is 330 g/mol. The van der Waals surface area contributed by atoms with Gasteiger partial charge in [0.1, 0.15) is 5.69 Å². The third kappa shape index (κ3) is 4.89. The molecule has 2 aromatic carbocycles. The second kappa shape index (κ2) is 8.58. The topological polar surface area (TPSA) is 75.5 Å². The van der Waals surface area contributed by atoms with Crippen molar-refractivity contribution in [2.24, 2.45) is 0 Å². The Balaban J connectivity index is 2.21. The van der Waals surface area contributed by atoms with Gasteiger partial charge in [-0.1, -0.05) is 24.3 Å². The first-order valence-electron chi connectivity index (χ1n) is 8.60. The van der Waals surface area contributed by atoms with E-state index in [0.29, 0.717) is 23.8 Å². The molecule has 0 atom stereocenters. The number of ketones is 1. The smallest absolute Gasteiger partial charge is 0.293 e. The number of nitro groups is 1. The molecule has 0 fully saturated rings. The van der Waals surface area contributed by atoms with Gasteiger partial charge < -0.3 is 5.32 Å². The average Bonchev–Trinajstić information content (AvgIpc) is 2.60. The number of rotatable bonds is 8. The van der Waals surface area contributed by atoms with Crippen LogP contribution < -0.4 is 5.32 Å². The maximum absolute atomic E-state index is 11.5. The summed E-state index contributed by atoms with van der Waals surface area (Å²) < 4.78 is 0. The lowest BCUT2D eigenvalue weighted by Gasteiger charge is -2.22. The van der Waals surface area contributed by atoms with Gasteiger partial charge in [0.25, 0.3) is 5.69 Å². The predicted octanol–water partition coefficient (Wildman–Crippen LogP) is 4.25. The van der Waals surface area contributed by atoms with E-state index in [2.05, 4.69) is 37.2 Å². The van der Waals surface area contributed by atoms with Crippen LogP contribution in [0.15, 0.2) is 42.5 Å². The van der Waals surface area contributed by atoms with Crippen LogP contribution in [0, 0.1) is 10.1 Å². The Kier molecular flexibility index (Phi) is 6.46. The third-order valence-corrected chi connectivity index (χ3v) is 4.49. The number of anilines is 1. The maximum atomic E-state index is 11.5. The number of hydrogen-bond acceptors (Lipinski definition) is 5. The van der Waals surface area contributed by atoms with Crippen LogP contribution in [0.3, 0.4) is 0 Å². The molecule has 0 saturated heterocycles.